The van der Waals surface area contributed by atoms with Crippen LogP contribution in [0.2, 0.25) is 0 Å². The zero-order valence-electron chi connectivity index (χ0n) is 12.9. The summed E-state index contributed by atoms with van der Waals surface area (Å²) in [4.78, 5) is 27.4. The summed E-state index contributed by atoms with van der Waals surface area (Å²) >= 11 is 0. The minimum atomic E-state index is -0.312. The summed E-state index contributed by atoms with van der Waals surface area (Å²) < 4.78 is 5.07. The minimum absolute atomic E-state index is 0.193. The molecule has 0 radical (unpaired) electrons. The Bertz CT molecular complexity index is 642. The van der Waals surface area contributed by atoms with Crippen LogP contribution in [0.1, 0.15) is 17.5 Å². The zero-order chi connectivity index (χ0) is 16.5. The normalized spacial score (nSPS) is 9.96. The predicted octanol–water partition coefficient (Wildman–Crippen LogP) is 1.41. The van der Waals surface area contributed by atoms with Crippen LogP contribution in [0.3, 0.4) is 0 Å². The van der Waals surface area contributed by atoms with E-state index in [1.807, 2.05) is 36.4 Å². The van der Waals surface area contributed by atoms with E-state index in [2.05, 4.69) is 15.6 Å². The number of hydrogen-bond donors (Lipinski definition) is 2. The van der Waals surface area contributed by atoms with E-state index >= 15 is 0 Å². The van der Waals surface area contributed by atoms with Gasteiger partial charge >= 0.3 is 0 Å². The Morgan fingerprint density at radius 1 is 0.913 bits per heavy atom. The van der Waals surface area contributed by atoms with Crippen molar-refractivity contribution < 1.29 is 14.3 Å². The molecule has 0 saturated carbocycles. The number of aromatic nitrogens is 1. The lowest BCUT2D eigenvalue weighted by atomic mass is 10.2. The van der Waals surface area contributed by atoms with Crippen molar-refractivity contribution in [1.82, 2.24) is 15.6 Å². The fourth-order valence-corrected chi connectivity index (χ4v) is 1.92. The molecule has 2 N–H and O–H groups in total. The van der Waals surface area contributed by atoms with Gasteiger partial charge in [0.05, 0.1) is 7.11 Å². The van der Waals surface area contributed by atoms with Gasteiger partial charge in [0.15, 0.2) is 0 Å². The smallest absolute Gasteiger partial charge is 0.229 e. The largest absolute Gasteiger partial charge is 0.497 e. The maximum Gasteiger partial charge on any atom is 0.229 e. The van der Waals surface area contributed by atoms with E-state index in [0.717, 1.165) is 16.9 Å². The Morgan fingerprint density at radius 2 is 1.43 bits per heavy atom. The van der Waals surface area contributed by atoms with Gasteiger partial charge in [0.2, 0.25) is 11.8 Å². The second-order valence-corrected chi connectivity index (χ2v) is 4.93. The maximum atomic E-state index is 11.8. The number of hydrogen-bond acceptors (Lipinski definition) is 4. The summed E-state index contributed by atoms with van der Waals surface area (Å²) in [6, 6.07) is 11.0. The molecular formula is C17H19N3O3. The molecule has 0 spiro atoms. The Balaban J connectivity index is 1.70. The molecule has 0 saturated heterocycles. The summed E-state index contributed by atoms with van der Waals surface area (Å²) in [6.45, 7) is 0.758. The second kappa shape index (κ2) is 8.53. The van der Waals surface area contributed by atoms with Crippen LogP contribution in [0.15, 0.2) is 48.8 Å². The van der Waals surface area contributed by atoms with Gasteiger partial charge in [0, 0.05) is 25.5 Å². The van der Waals surface area contributed by atoms with Gasteiger partial charge in [-0.3, -0.25) is 14.6 Å². The second-order valence-electron chi connectivity index (χ2n) is 4.93. The maximum absolute atomic E-state index is 11.8. The van der Waals surface area contributed by atoms with Crippen LogP contribution in [0, 0.1) is 0 Å². The Morgan fingerprint density at radius 3 is 1.96 bits per heavy atom. The molecule has 0 bridgehead atoms. The first kappa shape index (κ1) is 16.5. The molecule has 1 heterocycles. The molecule has 0 fully saturated rings. The highest BCUT2D eigenvalue weighted by Gasteiger charge is 2.08. The fourth-order valence-electron chi connectivity index (χ4n) is 1.92. The molecule has 6 nitrogen and oxygen atoms in total. The number of carbonyl (C=O) groups excluding carboxylic acids is 2. The van der Waals surface area contributed by atoms with Crippen LogP contribution >= 0.6 is 0 Å². The summed E-state index contributed by atoms with van der Waals surface area (Å²) in [5.74, 6) is 0.137. The van der Waals surface area contributed by atoms with Gasteiger partial charge in [0.1, 0.15) is 12.2 Å². The van der Waals surface area contributed by atoms with Gasteiger partial charge in [-0.05, 0) is 35.4 Å². The average molecular weight is 313 g/mol. The van der Waals surface area contributed by atoms with Gasteiger partial charge in [-0.25, -0.2) is 0 Å². The lowest BCUT2D eigenvalue weighted by Gasteiger charge is -2.07. The number of amides is 2. The standard InChI is InChI=1S/C17H19N3O3/c1-23-15-4-2-13(3-5-15)11-19-16(21)10-17(22)20-12-14-6-8-18-9-7-14/h2-9H,10-12H2,1H3,(H,19,21)(H,20,22). The van der Waals surface area contributed by atoms with Crippen molar-refractivity contribution in [3.8, 4) is 5.75 Å². The lowest BCUT2D eigenvalue weighted by molar-refractivity contribution is -0.129. The minimum Gasteiger partial charge on any atom is -0.497 e. The molecule has 0 unspecified atom stereocenters. The Hall–Kier alpha value is -2.89. The third-order valence-electron chi connectivity index (χ3n) is 3.21. The van der Waals surface area contributed by atoms with E-state index < -0.39 is 0 Å². The first-order chi connectivity index (χ1) is 11.2. The van der Waals surface area contributed by atoms with Gasteiger partial charge < -0.3 is 15.4 Å². The Kier molecular flexibility index (Phi) is 6.11. The SMILES string of the molecule is COc1ccc(CNC(=O)CC(=O)NCc2ccncc2)cc1. The summed E-state index contributed by atoms with van der Waals surface area (Å²) in [5.41, 5.74) is 1.88. The van der Waals surface area contributed by atoms with Crippen LogP contribution in [-0.2, 0) is 22.7 Å². The summed E-state index contributed by atoms with van der Waals surface area (Å²) in [6.07, 6.45) is 3.12. The lowest BCUT2D eigenvalue weighted by Crippen LogP contribution is -2.31. The highest BCUT2D eigenvalue weighted by atomic mass is 16.5. The summed E-state index contributed by atoms with van der Waals surface area (Å²) in [5, 5.41) is 5.41. The number of pyridine rings is 1. The van der Waals surface area contributed by atoms with Crippen LogP contribution in [0.5, 0.6) is 5.75 Å². The highest BCUT2D eigenvalue weighted by Crippen LogP contribution is 2.10. The molecule has 6 heteroatoms. The molecule has 0 atom stereocenters. The predicted molar refractivity (Wildman–Crippen MR) is 85.5 cm³/mol. The third kappa shape index (κ3) is 5.78. The van der Waals surface area contributed by atoms with Crippen LogP contribution in [0.4, 0.5) is 0 Å². The van der Waals surface area contributed by atoms with Gasteiger partial charge in [-0.1, -0.05) is 12.1 Å². The number of benzene rings is 1. The fraction of sp³-hybridized carbons (Fsp3) is 0.235. The van der Waals surface area contributed by atoms with E-state index in [9.17, 15) is 9.59 Å². The third-order valence-corrected chi connectivity index (χ3v) is 3.21. The first-order valence-electron chi connectivity index (χ1n) is 7.22. The number of ether oxygens (including phenoxy) is 1. The van der Waals surface area contributed by atoms with E-state index in [-0.39, 0.29) is 18.2 Å². The van der Waals surface area contributed by atoms with Gasteiger partial charge in [-0.15, -0.1) is 0 Å². The van der Waals surface area contributed by atoms with E-state index in [1.54, 1.807) is 19.5 Å². The quantitative estimate of drug-likeness (QED) is 0.758. The van der Waals surface area contributed by atoms with E-state index in [4.69, 9.17) is 4.74 Å². The van der Waals surface area contributed by atoms with E-state index in [0.29, 0.717) is 13.1 Å². The zero-order valence-corrected chi connectivity index (χ0v) is 12.9. The van der Waals surface area contributed by atoms with Crippen molar-refractivity contribution in [3.63, 3.8) is 0 Å². The molecular weight excluding hydrogens is 294 g/mol. The molecule has 2 amide bonds. The molecule has 0 aliphatic carbocycles. The van der Waals surface area contributed by atoms with Crippen molar-refractivity contribution >= 4 is 11.8 Å². The molecule has 2 rings (SSSR count). The van der Waals surface area contributed by atoms with Crippen LogP contribution in [0.25, 0.3) is 0 Å². The van der Waals surface area contributed by atoms with Crippen LogP contribution in [-0.4, -0.2) is 23.9 Å². The molecule has 0 aliphatic heterocycles. The monoisotopic (exact) mass is 313 g/mol. The molecule has 1 aromatic heterocycles. The van der Waals surface area contributed by atoms with Crippen molar-refractivity contribution in [1.29, 1.82) is 0 Å². The van der Waals surface area contributed by atoms with Gasteiger partial charge in [-0.2, -0.15) is 0 Å². The van der Waals surface area contributed by atoms with Crippen molar-refractivity contribution in [2.24, 2.45) is 0 Å². The number of nitrogens with one attached hydrogen (secondary N) is 2. The number of rotatable bonds is 7. The molecule has 0 aliphatic rings. The first-order valence-corrected chi connectivity index (χ1v) is 7.22. The Labute approximate surface area is 134 Å². The summed E-state index contributed by atoms with van der Waals surface area (Å²) in [7, 11) is 1.60. The highest BCUT2D eigenvalue weighted by molar-refractivity contribution is 5.96. The van der Waals surface area contributed by atoms with Crippen LogP contribution < -0.4 is 15.4 Å². The van der Waals surface area contributed by atoms with Crippen molar-refractivity contribution in [3.05, 3.63) is 59.9 Å². The topological polar surface area (TPSA) is 80.3 Å². The molecule has 2 aromatic rings. The van der Waals surface area contributed by atoms with Crippen molar-refractivity contribution in [2.75, 3.05) is 7.11 Å². The molecule has 1 aromatic carbocycles. The van der Waals surface area contributed by atoms with E-state index in [1.165, 1.54) is 0 Å². The number of nitrogens with zero attached hydrogens (tertiary/aromatic N) is 1. The van der Waals surface area contributed by atoms with Gasteiger partial charge in [0.25, 0.3) is 0 Å². The van der Waals surface area contributed by atoms with Crippen molar-refractivity contribution in [2.45, 2.75) is 19.5 Å². The number of carbonyl (C=O) groups is 2. The molecule has 120 valence electrons. The average Bonchev–Trinajstić information content (AvgIpc) is 2.59. The number of methoxy groups -OCH3 is 1. The molecule has 23 heavy (non-hydrogen) atoms.